The lowest BCUT2D eigenvalue weighted by atomic mass is 10.1. The highest BCUT2D eigenvalue weighted by Gasteiger charge is 2.11. The van der Waals surface area contributed by atoms with Crippen LogP contribution in [0.15, 0.2) is 45.3 Å². The predicted octanol–water partition coefficient (Wildman–Crippen LogP) is 5.53. The van der Waals surface area contributed by atoms with Gasteiger partial charge in [-0.25, -0.2) is 4.39 Å². The van der Waals surface area contributed by atoms with Crippen LogP contribution in [0.1, 0.15) is 18.5 Å². The topological polar surface area (TPSA) is 21.3 Å². The maximum atomic E-state index is 13.3. The first-order valence-electron chi connectivity index (χ1n) is 6.06. The second-order valence-electron chi connectivity index (χ2n) is 4.38. The number of hydrogen-bond acceptors (Lipinski definition) is 2. The highest BCUT2D eigenvalue weighted by molar-refractivity contribution is 9.10. The molecule has 0 spiro atoms. The second kappa shape index (κ2) is 6.59. The highest BCUT2D eigenvalue weighted by atomic mass is 79.9. The summed E-state index contributed by atoms with van der Waals surface area (Å²) < 4.78 is 20.0. The number of nitrogens with one attached hydrogen (secondary N) is 1. The Hall–Kier alpha value is -1.07. The van der Waals surface area contributed by atoms with Gasteiger partial charge >= 0.3 is 0 Å². The molecule has 0 aliphatic rings. The van der Waals surface area contributed by atoms with E-state index in [0.29, 0.717) is 4.47 Å². The monoisotopic (exact) mass is 401 g/mol. The molecule has 2 rings (SSSR count). The summed E-state index contributed by atoms with van der Waals surface area (Å²) in [6.07, 6.45) is 0. The van der Waals surface area contributed by atoms with E-state index < -0.39 is 0 Å². The minimum Gasteiger partial charge on any atom is -0.495 e. The summed E-state index contributed by atoms with van der Waals surface area (Å²) in [6, 6.07) is 10.8. The van der Waals surface area contributed by atoms with Crippen LogP contribution in [0.2, 0.25) is 0 Å². The quantitative estimate of drug-likeness (QED) is 0.725. The fraction of sp³-hybridized carbons (Fsp3) is 0.200. The molecule has 1 atom stereocenters. The summed E-state index contributed by atoms with van der Waals surface area (Å²) >= 11 is 6.64. The van der Waals surface area contributed by atoms with Crippen molar-refractivity contribution in [2.45, 2.75) is 13.0 Å². The van der Waals surface area contributed by atoms with Crippen LogP contribution in [0, 0.1) is 5.82 Å². The number of methoxy groups -OCH3 is 1. The van der Waals surface area contributed by atoms with Crippen molar-refractivity contribution in [3.05, 3.63) is 56.7 Å². The Bertz CT molecular complexity index is 619. The number of benzene rings is 2. The minimum absolute atomic E-state index is 0.0232. The van der Waals surface area contributed by atoms with Gasteiger partial charge in [0.1, 0.15) is 11.6 Å². The first kappa shape index (κ1) is 15.3. The van der Waals surface area contributed by atoms with E-state index in [1.807, 2.05) is 25.1 Å². The molecule has 2 aromatic carbocycles. The lowest BCUT2D eigenvalue weighted by Gasteiger charge is -2.18. The van der Waals surface area contributed by atoms with E-state index in [0.717, 1.165) is 21.5 Å². The number of hydrogen-bond donors (Lipinski definition) is 1. The molecule has 0 aliphatic heterocycles. The zero-order chi connectivity index (χ0) is 14.7. The summed E-state index contributed by atoms with van der Waals surface area (Å²) in [5, 5.41) is 3.37. The normalized spacial score (nSPS) is 12.1. The number of ether oxygens (including phenoxy) is 1. The Morgan fingerprint density at radius 1 is 1.15 bits per heavy atom. The number of anilines is 1. The largest absolute Gasteiger partial charge is 0.495 e. The zero-order valence-corrected chi connectivity index (χ0v) is 14.3. The van der Waals surface area contributed by atoms with Gasteiger partial charge in [0.25, 0.3) is 0 Å². The van der Waals surface area contributed by atoms with Crippen LogP contribution in [0.3, 0.4) is 0 Å². The van der Waals surface area contributed by atoms with Crippen molar-refractivity contribution in [2.75, 3.05) is 12.4 Å². The summed E-state index contributed by atoms with van der Waals surface area (Å²) in [7, 11) is 1.63. The Morgan fingerprint density at radius 2 is 1.90 bits per heavy atom. The number of halogens is 3. The van der Waals surface area contributed by atoms with E-state index in [2.05, 4.69) is 37.2 Å². The molecule has 0 fully saturated rings. The molecule has 0 aliphatic carbocycles. The standard InChI is InChI=1S/C15H14Br2FNO/c1-9(10-3-5-13(18)12(17)7-10)19-14-8-11(16)4-6-15(14)20-2/h3-9,19H,1-2H3. The Kier molecular flexibility index (Phi) is 5.05. The lowest BCUT2D eigenvalue weighted by molar-refractivity contribution is 0.416. The third kappa shape index (κ3) is 3.52. The van der Waals surface area contributed by atoms with Gasteiger partial charge in [0.2, 0.25) is 0 Å². The van der Waals surface area contributed by atoms with E-state index in [4.69, 9.17) is 4.74 Å². The van der Waals surface area contributed by atoms with E-state index in [9.17, 15) is 4.39 Å². The Labute approximate surface area is 134 Å². The molecule has 0 bridgehead atoms. The van der Waals surface area contributed by atoms with Gasteiger partial charge in [0, 0.05) is 10.5 Å². The Balaban J connectivity index is 2.24. The van der Waals surface area contributed by atoms with Crippen molar-refractivity contribution in [3.8, 4) is 5.75 Å². The third-order valence-corrected chi connectivity index (χ3v) is 4.08. The molecule has 5 heteroatoms. The molecular formula is C15H14Br2FNO. The van der Waals surface area contributed by atoms with E-state index >= 15 is 0 Å². The van der Waals surface area contributed by atoms with Crippen LogP contribution in [0.4, 0.5) is 10.1 Å². The van der Waals surface area contributed by atoms with E-state index in [1.54, 1.807) is 19.2 Å². The lowest BCUT2D eigenvalue weighted by Crippen LogP contribution is -2.08. The van der Waals surface area contributed by atoms with Gasteiger partial charge < -0.3 is 10.1 Å². The van der Waals surface area contributed by atoms with Crippen molar-refractivity contribution >= 4 is 37.5 Å². The van der Waals surface area contributed by atoms with Crippen LogP contribution in [0.5, 0.6) is 5.75 Å². The molecule has 2 aromatic rings. The van der Waals surface area contributed by atoms with E-state index in [1.165, 1.54) is 6.07 Å². The Morgan fingerprint density at radius 3 is 2.55 bits per heavy atom. The maximum Gasteiger partial charge on any atom is 0.142 e. The fourth-order valence-electron chi connectivity index (χ4n) is 1.89. The molecule has 20 heavy (non-hydrogen) atoms. The van der Waals surface area contributed by atoms with Gasteiger partial charge in [-0.3, -0.25) is 0 Å². The smallest absolute Gasteiger partial charge is 0.142 e. The van der Waals surface area contributed by atoms with Crippen molar-refractivity contribution in [3.63, 3.8) is 0 Å². The molecule has 0 amide bonds. The number of rotatable bonds is 4. The molecule has 2 nitrogen and oxygen atoms in total. The first-order valence-corrected chi connectivity index (χ1v) is 7.65. The maximum absolute atomic E-state index is 13.3. The summed E-state index contributed by atoms with van der Waals surface area (Å²) in [5.74, 6) is 0.502. The van der Waals surface area contributed by atoms with Gasteiger partial charge in [-0.2, -0.15) is 0 Å². The fourth-order valence-corrected chi connectivity index (χ4v) is 2.65. The highest BCUT2D eigenvalue weighted by Crippen LogP contribution is 2.31. The third-order valence-electron chi connectivity index (χ3n) is 2.98. The van der Waals surface area contributed by atoms with Crippen LogP contribution >= 0.6 is 31.9 Å². The van der Waals surface area contributed by atoms with Crippen LogP contribution in [-0.4, -0.2) is 7.11 Å². The molecule has 0 saturated carbocycles. The second-order valence-corrected chi connectivity index (χ2v) is 6.15. The minimum atomic E-state index is -0.263. The summed E-state index contributed by atoms with van der Waals surface area (Å²) in [6.45, 7) is 2.01. The summed E-state index contributed by atoms with van der Waals surface area (Å²) in [5.41, 5.74) is 1.87. The molecule has 0 saturated heterocycles. The predicted molar refractivity (Wildman–Crippen MR) is 86.8 cm³/mol. The van der Waals surface area contributed by atoms with Crippen LogP contribution in [0.25, 0.3) is 0 Å². The SMILES string of the molecule is COc1ccc(Br)cc1NC(C)c1ccc(F)c(Br)c1. The van der Waals surface area contributed by atoms with Gasteiger partial charge in [-0.05, 0) is 58.7 Å². The molecule has 106 valence electrons. The molecule has 0 aromatic heterocycles. The average Bonchev–Trinajstić information content (AvgIpc) is 2.42. The zero-order valence-electron chi connectivity index (χ0n) is 11.1. The molecular weight excluding hydrogens is 389 g/mol. The van der Waals surface area contributed by atoms with Gasteiger partial charge in [-0.1, -0.05) is 22.0 Å². The van der Waals surface area contributed by atoms with Crippen molar-refractivity contribution in [1.82, 2.24) is 0 Å². The van der Waals surface area contributed by atoms with Crippen LogP contribution in [-0.2, 0) is 0 Å². The van der Waals surface area contributed by atoms with Crippen molar-refractivity contribution in [1.29, 1.82) is 0 Å². The first-order chi connectivity index (χ1) is 9.51. The van der Waals surface area contributed by atoms with Crippen LogP contribution < -0.4 is 10.1 Å². The molecule has 1 N–H and O–H groups in total. The molecule has 1 unspecified atom stereocenters. The van der Waals surface area contributed by atoms with Gasteiger partial charge in [0.05, 0.1) is 17.3 Å². The van der Waals surface area contributed by atoms with Gasteiger partial charge in [0.15, 0.2) is 0 Å². The molecule has 0 heterocycles. The van der Waals surface area contributed by atoms with Crippen molar-refractivity contribution in [2.24, 2.45) is 0 Å². The average molecular weight is 403 g/mol. The summed E-state index contributed by atoms with van der Waals surface area (Å²) in [4.78, 5) is 0. The van der Waals surface area contributed by atoms with E-state index in [-0.39, 0.29) is 11.9 Å². The van der Waals surface area contributed by atoms with Crippen molar-refractivity contribution < 1.29 is 9.13 Å². The van der Waals surface area contributed by atoms with Gasteiger partial charge in [-0.15, -0.1) is 0 Å². The molecule has 0 radical (unpaired) electrons.